The van der Waals surface area contributed by atoms with Crippen LogP contribution in [0.2, 0.25) is 0 Å². The lowest BCUT2D eigenvalue weighted by Crippen LogP contribution is -2.15. The first kappa shape index (κ1) is 12.0. The van der Waals surface area contributed by atoms with Gasteiger partial charge in [0.2, 0.25) is 5.89 Å². The van der Waals surface area contributed by atoms with Crippen LogP contribution in [0.15, 0.2) is 16.8 Å². The Morgan fingerprint density at radius 2 is 2.11 bits per heavy atom. The Hall–Kier alpha value is -2.02. The van der Waals surface area contributed by atoms with Crippen molar-refractivity contribution in [2.75, 3.05) is 5.32 Å². The van der Waals surface area contributed by atoms with Crippen LogP contribution in [0.1, 0.15) is 30.1 Å². The minimum Gasteiger partial charge on any atom is -0.407 e. The zero-order chi connectivity index (χ0) is 13.1. The van der Waals surface area contributed by atoms with E-state index in [2.05, 4.69) is 30.8 Å². The van der Waals surface area contributed by atoms with Crippen molar-refractivity contribution in [1.29, 1.82) is 0 Å². The Morgan fingerprint density at radius 1 is 1.21 bits per heavy atom. The fourth-order valence-corrected chi connectivity index (χ4v) is 1.59. The lowest BCUT2D eigenvalue weighted by molar-refractivity contribution is 0.475. The molecule has 2 heterocycles. The van der Waals surface area contributed by atoms with E-state index in [4.69, 9.17) is 4.42 Å². The summed E-state index contributed by atoms with van der Waals surface area (Å²) in [5, 5.41) is 14.2. The molecule has 2 N–H and O–H groups in total. The quantitative estimate of drug-likeness (QED) is 0.801. The minimum atomic E-state index is 0.412. The fourth-order valence-electron chi connectivity index (χ4n) is 1.59. The van der Waals surface area contributed by atoms with E-state index in [-0.39, 0.29) is 0 Å². The summed E-state index contributed by atoms with van der Waals surface area (Å²) >= 11 is 0. The van der Waals surface area contributed by atoms with Gasteiger partial charge in [0, 0.05) is 12.2 Å². The van der Waals surface area contributed by atoms with Crippen LogP contribution < -0.4 is 10.6 Å². The summed E-state index contributed by atoms with van der Waals surface area (Å²) in [4.78, 5) is 8.41. The molecule has 0 aliphatic heterocycles. The maximum atomic E-state index is 5.46. The van der Waals surface area contributed by atoms with Crippen molar-refractivity contribution < 1.29 is 4.42 Å². The zero-order valence-corrected chi connectivity index (χ0v) is 10.8. The van der Waals surface area contributed by atoms with Crippen LogP contribution >= 0.6 is 0 Å². The van der Waals surface area contributed by atoms with Crippen molar-refractivity contribution in [1.82, 2.24) is 25.5 Å². The van der Waals surface area contributed by atoms with Gasteiger partial charge in [0.05, 0.1) is 30.7 Å². The summed E-state index contributed by atoms with van der Waals surface area (Å²) < 4.78 is 5.46. The van der Waals surface area contributed by atoms with E-state index in [1.54, 1.807) is 12.4 Å². The molecule has 0 aromatic carbocycles. The molecule has 0 spiro atoms. The minimum absolute atomic E-state index is 0.412. The first-order chi connectivity index (χ1) is 9.29. The second-order valence-corrected chi connectivity index (χ2v) is 4.66. The molecular weight excluding hydrogens is 244 g/mol. The van der Waals surface area contributed by atoms with Gasteiger partial charge in [-0.25, -0.2) is 0 Å². The molecule has 1 saturated carbocycles. The van der Waals surface area contributed by atoms with E-state index in [9.17, 15) is 0 Å². The largest absolute Gasteiger partial charge is 0.407 e. The van der Waals surface area contributed by atoms with Crippen molar-refractivity contribution in [2.45, 2.75) is 38.9 Å². The van der Waals surface area contributed by atoms with Crippen LogP contribution in [-0.4, -0.2) is 26.2 Å². The van der Waals surface area contributed by atoms with Crippen LogP contribution in [0.4, 0.5) is 6.01 Å². The van der Waals surface area contributed by atoms with Gasteiger partial charge in [-0.2, -0.15) is 0 Å². The van der Waals surface area contributed by atoms with Gasteiger partial charge >= 0.3 is 6.01 Å². The third-order valence-corrected chi connectivity index (χ3v) is 2.84. The van der Waals surface area contributed by atoms with E-state index in [0.717, 1.165) is 11.4 Å². The number of rotatable bonds is 6. The molecule has 0 atom stereocenters. The third-order valence-electron chi connectivity index (χ3n) is 2.84. The van der Waals surface area contributed by atoms with Gasteiger partial charge in [-0.15, -0.1) is 5.10 Å². The standard InChI is InChI=1S/C12H16N6O/c1-8-4-14-10(5-13-8)6-16-12-18-17-11(19-12)7-15-9-2-3-9/h4-5,9,15H,2-3,6-7H2,1H3,(H,16,18). The summed E-state index contributed by atoms with van der Waals surface area (Å²) in [6, 6.07) is 1.04. The highest BCUT2D eigenvalue weighted by atomic mass is 16.4. The molecule has 0 unspecified atom stereocenters. The molecule has 0 radical (unpaired) electrons. The highest BCUT2D eigenvalue weighted by molar-refractivity contribution is 5.19. The van der Waals surface area contributed by atoms with Gasteiger partial charge in [0.1, 0.15) is 0 Å². The highest BCUT2D eigenvalue weighted by Gasteiger charge is 2.21. The molecule has 0 bridgehead atoms. The lowest BCUT2D eigenvalue weighted by Gasteiger charge is -2.00. The van der Waals surface area contributed by atoms with E-state index in [1.165, 1.54) is 12.8 Å². The molecule has 2 aromatic rings. The molecule has 1 aliphatic carbocycles. The number of nitrogens with zero attached hydrogens (tertiary/aromatic N) is 4. The third kappa shape index (κ3) is 3.47. The summed E-state index contributed by atoms with van der Waals surface area (Å²) in [6.45, 7) is 3.05. The molecule has 7 nitrogen and oxygen atoms in total. The van der Waals surface area contributed by atoms with Crippen LogP contribution in [-0.2, 0) is 13.1 Å². The fraction of sp³-hybridized carbons (Fsp3) is 0.500. The average molecular weight is 260 g/mol. The number of aromatic nitrogens is 4. The molecule has 100 valence electrons. The SMILES string of the molecule is Cc1cnc(CNc2nnc(CNC3CC3)o2)cn1. The Labute approximate surface area is 110 Å². The van der Waals surface area contributed by atoms with Crippen LogP contribution in [0, 0.1) is 6.92 Å². The number of anilines is 1. The number of nitrogens with one attached hydrogen (secondary N) is 2. The van der Waals surface area contributed by atoms with Crippen molar-refractivity contribution in [3.63, 3.8) is 0 Å². The van der Waals surface area contributed by atoms with Crippen LogP contribution in [0.3, 0.4) is 0 Å². The molecule has 0 amide bonds. The topological polar surface area (TPSA) is 88.8 Å². The maximum Gasteiger partial charge on any atom is 0.315 e. The predicted molar refractivity (Wildman–Crippen MR) is 68.3 cm³/mol. The molecule has 0 saturated heterocycles. The van der Waals surface area contributed by atoms with Crippen molar-refractivity contribution in [2.24, 2.45) is 0 Å². The van der Waals surface area contributed by atoms with Gasteiger partial charge in [-0.05, 0) is 19.8 Å². The number of aryl methyl sites for hydroxylation is 1. The first-order valence-electron chi connectivity index (χ1n) is 6.37. The molecule has 1 fully saturated rings. The van der Waals surface area contributed by atoms with Crippen molar-refractivity contribution in [3.05, 3.63) is 29.7 Å². The van der Waals surface area contributed by atoms with Crippen LogP contribution in [0.5, 0.6) is 0 Å². The van der Waals surface area contributed by atoms with E-state index in [0.29, 0.717) is 31.0 Å². The maximum absolute atomic E-state index is 5.46. The summed E-state index contributed by atoms with van der Waals surface area (Å²) in [6.07, 6.45) is 5.95. The monoisotopic (exact) mass is 260 g/mol. The second kappa shape index (κ2) is 5.31. The Kier molecular flexibility index (Phi) is 3.37. The summed E-state index contributed by atoms with van der Waals surface area (Å²) in [5.41, 5.74) is 1.73. The smallest absolute Gasteiger partial charge is 0.315 e. The number of hydrogen-bond acceptors (Lipinski definition) is 7. The number of hydrogen-bond donors (Lipinski definition) is 2. The molecular formula is C12H16N6O. The predicted octanol–water partition coefficient (Wildman–Crippen LogP) is 1.03. The van der Waals surface area contributed by atoms with Crippen molar-refractivity contribution >= 4 is 6.01 Å². The van der Waals surface area contributed by atoms with Gasteiger partial charge < -0.3 is 15.1 Å². The van der Waals surface area contributed by atoms with Gasteiger partial charge in [0.15, 0.2) is 0 Å². The summed E-state index contributed by atoms with van der Waals surface area (Å²) in [5.74, 6) is 0.601. The molecule has 7 heteroatoms. The van der Waals surface area contributed by atoms with Gasteiger partial charge in [0.25, 0.3) is 0 Å². The lowest BCUT2D eigenvalue weighted by atomic mass is 10.4. The summed E-state index contributed by atoms with van der Waals surface area (Å²) in [7, 11) is 0. The first-order valence-corrected chi connectivity index (χ1v) is 6.37. The molecule has 1 aliphatic rings. The van der Waals surface area contributed by atoms with Gasteiger partial charge in [-0.1, -0.05) is 5.10 Å². The molecule has 3 rings (SSSR count). The van der Waals surface area contributed by atoms with E-state index >= 15 is 0 Å². The van der Waals surface area contributed by atoms with E-state index in [1.807, 2.05) is 6.92 Å². The highest BCUT2D eigenvalue weighted by Crippen LogP contribution is 2.19. The zero-order valence-electron chi connectivity index (χ0n) is 10.8. The Morgan fingerprint density at radius 3 is 2.84 bits per heavy atom. The van der Waals surface area contributed by atoms with Gasteiger partial charge in [-0.3, -0.25) is 9.97 Å². The molecule has 19 heavy (non-hydrogen) atoms. The Bertz CT molecular complexity index is 533. The van der Waals surface area contributed by atoms with E-state index < -0.39 is 0 Å². The van der Waals surface area contributed by atoms with Crippen LogP contribution in [0.25, 0.3) is 0 Å². The van der Waals surface area contributed by atoms with Crippen molar-refractivity contribution in [3.8, 4) is 0 Å². The average Bonchev–Trinajstić information content (AvgIpc) is 3.15. The second-order valence-electron chi connectivity index (χ2n) is 4.66. The normalized spacial score (nSPS) is 14.6. The molecule has 2 aromatic heterocycles. The Balaban J connectivity index is 1.50.